The van der Waals surface area contributed by atoms with E-state index in [1.54, 1.807) is 0 Å². The van der Waals surface area contributed by atoms with E-state index in [1.165, 1.54) is 5.56 Å². The smallest absolute Gasteiger partial charge is 0.312 e. The Morgan fingerprint density at radius 2 is 1.82 bits per heavy atom. The molecule has 60 valence electrons. The van der Waals surface area contributed by atoms with Gasteiger partial charge >= 0.3 is 6.47 Å². The van der Waals surface area contributed by atoms with Crippen LogP contribution in [-0.2, 0) is 9.08 Å². The molecule has 0 saturated heterocycles. The van der Waals surface area contributed by atoms with Gasteiger partial charge in [-0.25, -0.2) is 0 Å². The molecule has 0 bridgehead atoms. The molecule has 11 heavy (non-hydrogen) atoms. The van der Waals surface area contributed by atoms with Crippen LogP contribution in [0.4, 0.5) is 0 Å². The minimum absolute atomic E-state index is 0.140. The summed E-state index contributed by atoms with van der Waals surface area (Å²) in [5.74, 6) is 0. The number of carbonyl (C=O) groups excluding carboxylic acids is 1. The van der Waals surface area contributed by atoms with Crippen molar-refractivity contribution in [3.05, 3.63) is 35.9 Å². The SMILES string of the molecule is Cc1ccccc1.O=COCl. The van der Waals surface area contributed by atoms with Gasteiger partial charge in [-0.1, -0.05) is 35.9 Å². The summed E-state index contributed by atoms with van der Waals surface area (Å²) in [6.45, 7) is 2.22. The van der Waals surface area contributed by atoms with Crippen LogP contribution in [0.25, 0.3) is 0 Å². The molecule has 0 aliphatic rings. The quantitative estimate of drug-likeness (QED) is 0.608. The van der Waals surface area contributed by atoms with Gasteiger partial charge < -0.3 is 4.29 Å². The first-order valence-electron chi connectivity index (χ1n) is 3.04. The van der Waals surface area contributed by atoms with Gasteiger partial charge in [0.1, 0.15) is 11.9 Å². The molecule has 0 aliphatic carbocycles. The lowest BCUT2D eigenvalue weighted by Crippen LogP contribution is -1.62. The van der Waals surface area contributed by atoms with E-state index >= 15 is 0 Å². The fourth-order valence-corrected chi connectivity index (χ4v) is 0.534. The Morgan fingerprint density at radius 3 is 2.00 bits per heavy atom. The van der Waals surface area contributed by atoms with Gasteiger partial charge in [0.25, 0.3) is 0 Å². The van der Waals surface area contributed by atoms with Crippen molar-refractivity contribution in [1.82, 2.24) is 0 Å². The van der Waals surface area contributed by atoms with Crippen LogP contribution in [0.2, 0.25) is 0 Å². The second-order valence-corrected chi connectivity index (χ2v) is 2.02. The number of rotatable bonds is 1. The number of carbonyl (C=O) groups is 1. The zero-order chi connectivity index (χ0) is 8.53. The van der Waals surface area contributed by atoms with E-state index in [4.69, 9.17) is 4.79 Å². The monoisotopic (exact) mass is 172 g/mol. The molecule has 1 rings (SSSR count). The van der Waals surface area contributed by atoms with Gasteiger partial charge in [-0.3, -0.25) is 4.79 Å². The minimum Gasteiger partial charge on any atom is -0.350 e. The van der Waals surface area contributed by atoms with Gasteiger partial charge in [0.2, 0.25) is 0 Å². The highest BCUT2D eigenvalue weighted by molar-refractivity contribution is 6.10. The van der Waals surface area contributed by atoms with Crippen molar-refractivity contribution in [2.24, 2.45) is 0 Å². The molecule has 0 radical (unpaired) electrons. The van der Waals surface area contributed by atoms with E-state index in [-0.39, 0.29) is 6.47 Å². The Kier molecular flexibility index (Phi) is 6.43. The van der Waals surface area contributed by atoms with Crippen LogP contribution in [0.15, 0.2) is 30.3 Å². The summed E-state index contributed by atoms with van der Waals surface area (Å²) in [6, 6.07) is 10.3. The number of hydrogen-bond donors (Lipinski definition) is 0. The molecule has 0 fully saturated rings. The second-order valence-electron chi connectivity index (χ2n) is 1.84. The number of hydrogen-bond acceptors (Lipinski definition) is 2. The second kappa shape index (κ2) is 7.09. The van der Waals surface area contributed by atoms with E-state index in [0.29, 0.717) is 0 Å². The van der Waals surface area contributed by atoms with Gasteiger partial charge in [0, 0.05) is 0 Å². The van der Waals surface area contributed by atoms with E-state index in [9.17, 15) is 0 Å². The summed E-state index contributed by atoms with van der Waals surface area (Å²) in [5, 5.41) is 0. The molecule has 0 atom stereocenters. The van der Waals surface area contributed by atoms with Crippen molar-refractivity contribution < 1.29 is 9.08 Å². The summed E-state index contributed by atoms with van der Waals surface area (Å²) in [6.07, 6.45) is 0. The molecule has 0 aromatic heterocycles. The van der Waals surface area contributed by atoms with Crippen LogP contribution in [0, 0.1) is 6.92 Å². The maximum atomic E-state index is 8.82. The zero-order valence-electron chi connectivity index (χ0n) is 6.16. The molecule has 1 aromatic carbocycles. The first-order valence-corrected chi connectivity index (χ1v) is 3.34. The van der Waals surface area contributed by atoms with Gasteiger partial charge in [-0.15, -0.1) is 0 Å². The number of halogens is 1. The summed E-state index contributed by atoms with van der Waals surface area (Å²) < 4.78 is 3.33. The van der Waals surface area contributed by atoms with Gasteiger partial charge in [-0.2, -0.15) is 0 Å². The van der Waals surface area contributed by atoms with Crippen molar-refractivity contribution in [1.29, 1.82) is 0 Å². The normalized spacial score (nSPS) is 7.45. The van der Waals surface area contributed by atoms with Gasteiger partial charge in [0.15, 0.2) is 0 Å². The van der Waals surface area contributed by atoms with E-state index in [1.807, 2.05) is 18.2 Å². The topological polar surface area (TPSA) is 26.3 Å². The molecule has 0 heterocycles. The van der Waals surface area contributed by atoms with Crippen molar-refractivity contribution in [2.45, 2.75) is 6.92 Å². The summed E-state index contributed by atoms with van der Waals surface area (Å²) in [4.78, 5) is 8.82. The third kappa shape index (κ3) is 6.87. The summed E-state index contributed by atoms with van der Waals surface area (Å²) in [5.41, 5.74) is 1.32. The summed E-state index contributed by atoms with van der Waals surface area (Å²) in [7, 11) is 0. The molecule has 1 aromatic rings. The molecular formula is C8H9ClO2. The third-order valence-electron chi connectivity index (χ3n) is 0.977. The van der Waals surface area contributed by atoms with Gasteiger partial charge in [0.05, 0.1) is 0 Å². The molecular weight excluding hydrogens is 164 g/mol. The van der Waals surface area contributed by atoms with E-state index in [2.05, 4.69) is 35.2 Å². The Labute approximate surface area is 70.9 Å². The van der Waals surface area contributed by atoms with Crippen molar-refractivity contribution in [3.8, 4) is 0 Å². The van der Waals surface area contributed by atoms with E-state index in [0.717, 1.165) is 0 Å². The Morgan fingerprint density at radius 1 is 1.36 bits per heavy atom. The molecule has 3 heteroatoms. The van der Waals surface area contributed by atoms with Gasteiger partial charge in [-0.05, 0) is 6.92 Å². The zero-order valence-corrected chi connectivity index (χ0v) is 6.91. The van der Waals surface area contributed by atoms with Crippen molar-refractivity contribution >= 4 is 18.3 Å². The predicted molar refractivity (Wildman–Crippen MR) is 44.2 cm³/mol. The molecule has 0 aliphatic heterocycles. The summed E-state index contributed by atoms with van der Waals surface area (Å²) >= 11 is 4.32. The predicted octanol–water partition coefficient (Wildman–Crippen LogP) is 2.31. The highest BCUT2D eigenvalue weighted by Crippen LogP contribution is 1.92. The molecule has 0 spiro atoms. The number of benzene rings is 1. The third-order valence-corrected chi connectivity index (χ3v) is 1.05. The van der Waals surface area contributed by atoms with Crippen LogP contribution in [-0.4, -0.2) is 6.47 Å². The van der Waals surface area contributed by atoms with Crippen LogP contribution in [0.3, 0.4) is 0 Å². The molecule has 0 N–H and O–H groups in total. The minimum atomic E-state index is 0.140. The van der Waals surface area contributed by atoms with E-state index < -0.39 is 0 Å². The lowest BCUT2D eigenvalue weighted by Gasteiger charge is -1.82. The lowest BCUT2D eigenvalue weighted by molar-refractivity contribution is -0.120. The van der Waals surface area contributed by atoms with Crippen molar-refractivity contribution in [2.75, 3.05) is 0 Å². The van der Waals surface area contributed by atoms with Crippen molar-refractivity contribution in [3.63, 3.8) is 0 Å². The fraction of sp³-hybridized carbons (Fsp3) is 0.125. The highest BCUT2D eigenvalue weighted by Gasteiger charge is 1.72. The molecule has 0 unspecified atom stereocenters. The highest BCUT2D eigenvalue weighted by atomic mass is 35.5. The Bertz CT molecular complexity index is 187. The molecule has 0 saturated carbocycles. The average Bonchev–Trinajstić information content (AvgIpc) is 2.07. The maximum absolute atomic E-state index is 8.82. The average molecular weight is 173 g/mol. The fourth-order valence-electron chi connectivity index (χ4n) is 0.534. The standard InChI is InChI=1S/C7H8.CHClO2/c1-7-5-3-2-4-6-7;2-4-1-3/h2-6H,1H3;1H. The largest absolute Gasteiger partial charge is 0.350 e. The molecule has 2 nitrogen and oxygen atoms in total. The van der Waals surface area contributed by atoms with Crippen LogP contribution < -0.4 is 0 Å². The maximum Gasteiger partial charge on any atom is 0.312 e. The van der Waals surface area contributed by atoms with Crippen LogP contribution in [0.5, 0.6) is 0 Å². The number of aryl methyl sites for hydroxylation is 1. The Balaban J connectivity index is 0.000000218. The lowest BCUT2D eigenvalue weighted by atomic mass is 10.2. The molecule has 0 amide bonds. The van der Waals surface area contributed by atoms with Crippen LogP contribution >= 0.6 is 11.9 Å². The van der Waals surface area contributed by atoms with Crippen LogP contribution in [0.1, 0.15) is 5.56 Å². The first kappa shape index (κ1) is 9.98. The first-order chi connectivity index (χ1) is 5.31. The Hall–Kier alpha value is -1.02.